The quantitative estimate of drug-likeness (QED) is 0.297. The van der Waals surface area contributed by atoms with Crippen LogP contribution in [0.25, 0.3) is 11.0 Å². The first-order valence-electron chi connectivity index (χ1n) is 11.2. The van der Waals surface area contributed by atoms with E-state index < -0.39 is 11.9 Å². The molecule has 5 rings (SSSR count). The Bertz CT molecular complexity index is 1470. The summed E-state index contributed by atoms with van der Waals surface area (Å²) in [6, 6.07) is 11.3. The van der Waals surface area contributed by atoms with E-state index in [0.717, 1.165) is 17.3 Å². The Morgan fingerprint density at radius 3 is 2.63 bits per heavy atom. The summed E-state index contributed by atoms with van der Waals surface area (Å²) in [4.78, 5) is 37.3. The average molecular weight is 536 g/mol. The normalized spacial score (nSPS) is 14.9. The zero-order valence-corrected chi connectivity index (χ0v) is 20.7. The molecule has 35 heavy (non-hydrogen) atoms. The molecule has 1 unspecified atom stereocenters. The number of methoxy groups -OCH3 is 1. The summed E-state index contributed by atoms with van der Waals surface area (Å²) in [5.41, 5.74) is 0.916. The maximum absolute atomic E-state index is 13.7. The van der Waals surface area contributed by atoms with E-state index in [0.29, 0.717) is 34.6 Å². The van der Waals surface area contributed by atoms with Gasteiger partial charge >= 0.3 is 0 Å². The van der Waals surface area contributed by atoms with E-state index in [2.05, 4.69) is 32.8 Å². The molecule has 0 bridgehead atoms. The summed E-state index contributed by atoms with van der Waals surface area (Å²) in [5, 5.41) is 0.373. The number of anilines is 1. The second-order valence-electron chi connectivity index (χ2n) is 8.05. The summed E-state index contributed by atoms with van der Waals surface area (Å²) < 4.78 is 18.2. The van der Waals surface area contributed by atoms with Crippen LogP contribution in [0.15, 0.2) is 68.5 Å². The van der Waals surface area contributed by atoms with Crippen molar-refractivity contribution in [1.29, 1.82) is 0 Å². The van der Waals surface area contributed by atoms with Crippen LogP contribution in [0.1, 0.15) is 47.5 Å². The third kappa shape index (κ3) is 4.05. The van der Waals surface area contributed by atoms with Gasteiger partial charge in [0.05, 0.1) is 30.7 Å². The van der Waals surface area contributed by atoms with Gasteiger partial charge in [-0.05, 0) is 48.4 Å². The van der Waals surface area contributed by atoms with Gasteiger partial charge in [-0.3, -0.25) is 14.5 Å². The van der Waals surface area contributed by atoms with Crippen molar-refractivity contribution in [2.24, 2.45) is 0 Å². The molecule has 4 aromatic rings. The van der Waals surface area contributed by atoms with Gasteiger partial charge in [0.1, 0.15) is 5.58 Å². The highest BCUT2D eigenvalue weighted by Crippen LogP contribution is 2.42. The van der Waals surface area contributed by atoms with Crippen molar-refractivity contribution in [3.8, 4) is 11.5 Å². The number of rotatable bonds is 7. The van der Waals surface area contributed by atoms with E-state index in [1.807, 2.05) is 6.07 Å². The number of amides is 1. The van der Waals surface area contributed by atoms with Gasteiger partial charge in [0, 0.05) is 16.9 Å². The molecule has 0 fully saturated rings. The molecule has 8 nitrogen and oxygen atoms in total. The Kier molecular flexibility index (Phi) is 6.25. The van der Waals surface area contributed by atoms with E-state index in [1.54, 1.807) is 55.9 Å². The van der Waals surface area contributed by atoms with Crippen molar-refractivity contribution in [3.63, 3.8) is 0 Å². The summed E-state index contributed by atoms with van der Waals surface area (Å²) >= 11 is 3.41. The Labute approximate surface area is 209 Å². The first kappa shape index (κ1) is 23.0. The Morgan fingerprint density at radius 2 is 1.89 bits per heavy atom. The summed E-state index contributed by atoms with van der Waals surface area (Å²) in [5.74, 6) is 0.748. The molecule has 0 N–H and O–H groups in total. The lowest BCUT2D eigenvalue weighted by Gasteiger charge is -2.23. The SMILES string of the molecule is CCCCOc1ccc(C2c3c(oc4ccc(Br)cc4c3=O)C(=O)N2c2ncccn2)cc1OC. The summed E-state index contributed by atoms with van der Waals surface area (Å²) in [6.45, 7) is 2.65. The smallest absolute Gasteiger partial charge is 0.297 e. The van der Waals surface area contributed by atoms with Crippen LogP contribution in [0.3, 0.4) is 0 Å². The molecule has 1 aliphatic rings. The number of aromatic nitrogens is 2. The lowest BCUT2D eigenvalue weighted by atomic mass is 9.98. The molecule has 0 radical (unpaired) electrons. The molecule has 1 atom stereocenters. The largest absolute Gasteiger partial charge is 0.493 e. The zero-order chi connectivity index (χ0) is 24.5. The molecule has 3 heterocycles. The number of unbranched alkanes of at least 4 members (excludes halogenated alkanes) is 1. The molecule has 0 aliphatic carbocycles. The monoisotopic (exact) mass is 535 g/mol. The molecule has 0 spiro atoms. The molecule has 1 aliphatic heterocycles. The van der Waals surface area contributed by atoms with Crippen molar-refractivity contribution in [3.05, 3.63) is 86.4 Å². The van der Waals surface area contributed by atoms with Crippen LogP contribution in [-0.4, -0.2) is 29.6 Å². The number of ether oxygens (including phenoxy) is 2. The van der Waals surface area contributed by atoms with Crippen molar-refractivity contribution in [2.45, 2.75) is 25.8 Å². The second kappa shape index (κ2) is 9.50. The van der Waals surface area contributed by atoms with Crippen LogP contribution in [0.2, 0.25) is 0 Å². The fourth-order valence-electron chi connectivity index (χ4n) is 4.18. The van der Waals surface area contributed by atoms with Crippen molar-refractivity contribution < 1.29 is 18.7 Å². The summed E-state index contributed by atoms with van der Waals surface area (Å²) in [6.07, 6.45) is 5.01. The highest BCUT2D eigenvalue weighted by atomic mass is 79.9. The number of nitrogens with zero attached hydrogens (tertiary/aromatic N) is 3. The van der Waals surface area contributed by atoms with Crippen molar-refractivity contribution >= 4 is 38.8 Å². The minimum Gasteiger partial charge on any atom is -0.493 e. The van der Waals surface area contributed by atoms with Gasteiger partial charge in [-0.1, -0.05) is 35.3 Å². The van der Waals surface area contributed by atoms with E-state index in [4.69, 9.17) is 13.9 Å². The number of carbonyl (C=O) groups is 1. The predicted octanol–water partition coefficient (Wildman–Crippen LogP) is 5.28. The van der Waals surface area contributed by atoms with Gasteiger partial charge in [0.15, 0.2) is 16.9 Å². The van der Waals surface area contributed by atoms with Crippen LogP contribution in [0.5, 0.6) is 11.5 Å². The van der Waals surface area contributed by atoms with Gasteiger partial charge in [-0.25, -0.2) is 9.97 Å². The van der Waals surface area contributed by atoms with Crippen molar-refractivity contribution in [2.75, 3.05) is 18.6 Å². The topological polar surface area (TPSA) is 94.8 Å². The first-order chi connectivity index (χ1) is 17.0. The Balaban J connectivity index is 1.71. The minimum absolute atomic E-state index is 0.0236. The Hall–Kier alpha value is -3.72. The highest BCUT2D eigenvalue weighted by molar-refractivity contribution is 9.10. The molecule has 0 saturated carbocycles. The third-order valence-electron chi connectivity index (χ3n) is 5.86. The van der Waals surface area contributed by atoms with Gasteiger partial charge < -0.3 is 13.9 Å². The fraction of sp³-hybridized carbons (Fsp3) is 0.231. The van der Waals surface area contributed by atoms with Crippen molar-refractivity contribution in [1.82, 2.24) is 9.97 Å². The zero-order valence-electron chi connectivity index (χ0n) is 19.2. The highest BCUT2D eigenvalue weighted by Gasteiger charge is 2.45. The third-order valence-corrected chi connectivity index (χ3v) is 6.35. The van der Waals surface area contributed by atoms with E-state index in [1.165, 1.54) is 4.90 Å². The fourth-order valence-corrected chi connectivity index (χ4v) is 4.54. The maximum atomic E-state index is 13.7. The molecule has 0 saturated heterocycles. The van der Waals surface area contributed by atoms with Gasteiger partial charge in [-0.15, -0.1) is 0 Å². The molecule has 2 aromatic heterocycles. The van der Waals surface area contributed by atoms with Crippen LogP contribution in [0, 0.1) is 0 Å². The number of fused-ring (bicyclic) bond motifs is 2. The van der Waals surface area contributed by atoms with Crippen LogP contribution in [-0.2, 0) is 0 Å². The molecular weight excluding hydrogens is 514 g/mol. The molecule has 178 valence electrons. The number of carbonyl (C=O) groups excluding carboxylic acids is 1. The van der Waals surface area contributed by atoms with Crippen LogP contribution in [0.4, 0.5) is 5.95 Å². The number of halogens is 1. The number of hydrogen-bond acceptors (Lipinski definition) is 7. The molecule has 2 aromatic carbocycles. The van der Waals surface area contributed by atoms with E-state index >= 15 is 0 Å². The van der Waals surface area contributed by atoms with Crippen LogP contribution >= 0.6 is 15.9 Å². The first-order valence-corrected chi connectivity index (χ1v) is 12.0. The lowest BCUT2D eigenvalue weighted by Crippen LogP contribution is -2.31. The summed E-state index contributed by atoms with van der Waals surface area (Å²) in [7, 11) is 1.55. The van der Waals surface area contributed by atoms with Crippen LogP contribution < -0.4 is 19.8 Å². The molecule has 9 heteroatoms. The second-order valence-corrected chi connectivity index (χ2v) is 8.97. The van der Waals surface area contributed by atoms with Gasteiger partial charge in [0.2, 0.25) is 11.7 Å². The standard InChI is InChI=1S/C26H22BrN3O5/c1-3-4-12-34-19-8-6-15(13-20(19)33-2)22-21-23(31)17-14-16(27)7-9-18(17)35-24(21)25(32)30(22)26-28-10-5-11-29-26/h5-11,13-14,22H,3-4,12H2,1-2H3. The van der Waals surface area contributed by atoms with E-state index in [-0.39, 0.29) is 22.7 Å². The lowest BCUT2D eigenvalue weighted by molar-refractivity contribution is 0.0969. The van der Waals surface area contributed by atoms with Gasteiger partial charge in [-0.2, -0.15) is 0 Å². The molecule has 1 amide bonds. The van der Waals surface area contributed by atoms with Gasteiger partial charge in [0.25, 0.3) is 5.91 Å². The van der Waals surface area contributed by atoms with E-state index in [9.17, 15) is 9.59 Å². The molecular formula is C26H22BrN3O5. The Morgan fingerprint density at radius 1 is 1.09 bits per heavy atom. The maximum Gasteiger partial charge on any atom is 0.297 e. The number of benzene rings is 2. The average Bonchev–Trinajstić information content (AvgIpc) is 3.17. The number of hydrogen-bond donors (Lipinski definition) is 0. The predicted molar refractivity (Wildman–Crippen MR) is 134 cm³/mol. The minimum atomic E-state index is -0.807.